The largest absolute Gasteiger partial charge is 0.298 e. The molecule has 1 fully saturated rings. The average Bonchev–Trinajstić information content (AvgIpc) is 1.95. The smallest absolute Gasteiger partial charge is 0.150 e. The highest BCUT2D eigenvalue weighted by molar-refractivity contribution is 6.31. The molecule has 0 bridgehead atoms. The second-order valence-electron chi connectivity index (χ2n) is 2.93. The van der Waals surface area contributed by atoms with Gasteiger partial charge in [0.05, 0.1) is 5.38 Å². The maximum Gasteiger partial charge on any atom is 0.150 e. The minimum Gasteiger partial charge on any atom is -0.298 e. The fourth-order valence-corrected chi connectivity index (χ4v) is 1.91. The summed E-state index contributed by atoms with van der Waals surface area (Å²) in [5.41, 5.74) is 0. The van der Waals surface area contributed by atoms with E-state index in [9.17, 15) is 4.79 Å². The molecule has 2 heteroatoms. The number of alkyl halides is 1. The summed E-state index contributed by atoms with van der Waals surface area (Å²) < 4.78 is 0. The predicted molar refractivity (Wildman–Crippen MR) is 42.3 cm³/mol. The number of hydrogen-bond donors (Lipinski definition) is 0. The molecule has 0 radical (unpaired) electrons. The van der Waals surface area contributed by atoms with Crippen LogP contribution in [0.25, 0.3) is 0 Å². The van der Waals surface area contributed by atoms with Crippen LogP contribution < -0.4 is 0 Å². The number of ketones is 1. The van der Waals surface area contributed by atoms with Crippen LogP contribution in [0.3, 0.4) is 0 Å². The van der Waals surface area contributed by atoms with Gasteiger partial charge in [-0.15, -0.1) is 11.6 Å². The molecule has 1 saturated carbocycles. The van der Waals surface area contributed by atoms with Crippen LogP contribution in [0.5, 0.6) is 0 Å². The number of rotatable bonds is 1. The van der Waals surface area contributed by atoms with Crippen molar-refractivity contribution < 1.29 is 4.79 Å². The maximum atomic E-state index is 11.0. The number of Topliss-reactive ketones (excluding diaryl/α,β-unsaturated/α-hetero) is 1. The quantitative estimate of drug-likeness (QED) is 0.539. The summed E-state index contributed by atoms with van der Waals surface area (Å²) in [5, 5.41) is -0.182. The molecule has 0 aromatic carbocycles. The summed E-state index contributed by atoms with van der Waals surface area (Å²) in [6.45, 7) is 2.10. The first-order chi connectivity index (χ1) is 4.75. The zero-order chi connectivity index (χ0) is 7.56. The van der Waals surface area contributed by atoms with Gasteiger partial charge in [0, 0.05) is 6.42 Å². The molecule has 0 unspecified atom stereocenters. The summed E-state index contributed by atoms with van der Waals surface area (Å²) in [7, 11) is 0. The highest BCUT2D eigenvalue weighted by Gasteiger charge is 2.28. The fraction of sp³-hybridized carbons (Fsp3) is 0.875. The molecule has 0 N–H and O–H groups in total. The monoisotopic (exact) mass is 160 g/mol. The van der Waals surface area contributed by atoms with E-state index in [2.05, 4.69) is 6.92 Å². The van der Waals surface area contributed by atoms with Crippen LogP contribution in [0.1, 0.15) is 32.6 Å². The van der Waals surface area contributed by atoms with Crippen molar-refractivity contribution in [2.45, 2.75) is 38.0 Å². The molecule has 0 saturated heterocycles. The van der Waals surface area contributed by atoms with E-state index in [0.29, 0.717) is 12.3 Å². The Labute approximate surface area is 66.8 Å². The molecular formula is C8H13ClO. The van der Waals surface area contributed by atoms with Crippen LogP contribution >= 0.6 is 11.6 Å². The second kappa shape index (κ2) is 3.38. The van der Waals surface area contributed by atoms with Crippen molar-refractivity contribution in [3.05, 3.63) is 0 Å². The fourth-order valence-electron chi connectivity index (χ4n) is 1.50. The molecule has 1 rings (SSSR count). The van der Waals surface area contributed by atoms with Crippen molar-refractivity contribution in [2.75, 3.05) is 0 Å². The van der Waals surface area contributed by atoms with E-state index in [-0.39, 0.29) is 11.2 Å². The zero-order valence-corrected chi connectivity index (χ0v) is 7.03. The molecule has 0 amide bonds. The van der Waals surface area contributed by atoms with Gasteiger partial charge in [-0.1, -0.05) is 13.3 Å². The topological polar surface area (TPSA) is 17.1 Å². The van der Waals surface area contributed by atoms with Gasteiger partial charge in [-0.05, 0) is 18.8 Å². The third-order valence-electron chi connectivity index (χ3n) is 2.24. The van der Waals surface area contributed by atoms with E-state index in [1.54, 1.807) is 0 Å². The van der Waals surface area contributed by atoms with Crippen molar-refractivity contribution in [1.82, 2.24) is 0 Å². The Morgan fingerprint density at radius 3 is 2.90 bits per heavy atom. The number of carbonyl (C=O) groups excluding carboxylic acids is 1. The summed E-state index contributed by atoms with van der Waals surface area (Å²) in [6.07, 6.45) is 3.92. The zero-order valence-electron chi connectivity index (χ0n) is 6.27. The Hall–Kier alpha value is -0.0400. The van der Waals surface area contributed by atoms with Gasteiger partial charge in [0.2, 0.25) is 0 Å². The summed E-state index contributed by atoms with van der Waals surface area (Å²) in [5.74, 6) is 0.697. The van der Waals surface area contributed by atoms with Crippen LogP contribution in [0.15, 0.2) is 0 Å². The summed E-state index contributed by atoms with van der Waals surface area (Å²) >= 11 is 5.88. The van der Waals surface area contributed by atoms with E-state index in [1.807, 2.05) is 0 Å². The van der Waals surface area contributed by atoms with Crippen molar-refractivity contribution in [1.29, 1.82) is 0 Å². The van der Waals surface area contributed by atoms with Crippen molar-refractivity contribution in [3.8, 4) is 0 Å². The van der Waals surface area contributed by atoms with Gasteiger partial charge in [-0.3, -0.25) is 4.79 Å². The lowest BCUT2D eigenvalue weighted by Crippen LogP contribution is -2.28. The van der Waals surface area contributed by atoms with Crippen molar-refractivity contribution in [3.63, 3.8) is 0 Å². The molecule has 0 aromatic rings. The lowest BCUT2D eigenvalue weighted by Gasteiger charge is -2.24. The lowest BCUT2D eigenvalue weighted by molar-refractivity contribution is -0.121. The normalized spacial score (nSPS) is 34.4. The molecule has 0 heterocycles. The SMILES string of the molecule is CC[C@H]1CCCC(=O)[C@@H]1Cl. The van der Waals surface area contributed by atoms with Gasteiger partial charge in [-0.25, -0.2) is 0 Å². The van der Waals surface area contributed by atoms with Gasteiger partial charge in [0.15, 0.2) is 5.78 Å². The Morgan fingerprint density at radius 1 is 1.70 bits per heavy atom. The second-order valence-corrected chi connectivity index (χ2v) is 3.40. The lowest BCUT2D eigenvalue weighted by atomic mass is 9.86. The first-order valence-corrected chi connectivity index (χ1v) is 4.36. The highest BCUT2D eigenvalue weighted by Crippen LogP contribution is 2.28. The molecule has 1 nitrogen and oxygen atoms in total. The maximum absolute atomic E-state index is 11.0. The van der Waals surface area contributed by atoms with E-state index in [0.717, 1.165) is 19.3 Å². The van der Waals surface area contributed by atoms with Gasteiger partial charge < -0.3 is 0 Å². The third kappa shape index (κ3) is 1.51. The van der Waals surface area contributed by atoms with Crippen molar-refractivity contribution >= 4 is 17.4 Å². The standard InChI is InChI=1S/C8H13ClO/c1-2-6-4-3-5-7(10)8(6)9/h6,8H,2-5H2,1H3/t6-,8+/m0/s1. The minimum absolute atomic E-state index is 0.182. The van der Waals surface area contributed by atoms with Gasteiger partial charge in [0.1, 0.15) is 0 Å². The molecular weight excluding hydrogens is 148 g/mol. The molecule has 1 aliphatic rings. The number of hydrogen-bond acceptors (Lipinski definition) is 1. The molecule has 0 aromatic heterocycles. The van der Waals surface area contributed by atoms with E-state index < -0.39 is 0 Å². The van der Waals surface area contributed by atoms with Gasteiger partial charge >= 0.3 is 0 Å². The highest BCUT2D eigenvalue weighted by atomic mass is 35.5. The van der Waals surface area contributed by atoms with Crippen molar-refractivity contribution in [2.24, 2.45) is 5.92 Å². The summed E-state index contributed by atoms with van der Waals surface area (Å²) in [6, 6.07) is 0. The van der Waals surface area contributed by atoms with E-state index in [4.69, 9.17) is 11.6 Å². The minimum atomic E-state index is -0.182. The first kappa shape index (κ1) is 8.06. The Morgan fingerprint density at radius 2 is 2.40 bits per heavy atom. The Kier molecular flexibility index (Phi) is 2.72. The van der Waals surface area contributed by atoms with E-state index >= 15 is 0 Å². The number of halogens is 1. The third-order valence-corrected chi connectivity index (χ3v) is 2.84. The van der Waals surface area contributed by atoms with Gasteiger partial charge in [-0.2, -0.15) is 0 Å². The molecule has 58 valence electrons. The molecule has 2 atom stereocenters. The molecule has 0 spiro atoms. The molecule has 10 heavy (non-hydrogen) atoms. The van der Waals surface area contributed by atoms with Gasteiger partial charge in [0.25, 0.3) is 0 Å². The molecule has 1 aliphatic carbocycles. The predicted octanol–water partition coefficient (Wildman–Crippen LogP) is 2.37. The first-order valence-electron chi connectivity index (χ1n) is 3.92. The molecule has 0 aliphatic heterocycles. The Bertz CT molecular complexity index is 133. The van der Waals surface area contributed by atoms with Crippen LogP contribution in [-0.2, 0) is 4.79 Å². The summed E-state index contributed by atoms with van der Waals surface area (Å²) in [4.78, 5) is 11.0. The van der Waals surface area contributed by atoms with E-state index in [1.165, 1.54) is 0 Å². The van der Waals surface area contributed by atoms with Crippen LogP contribution in [0.4, 0.5) is 0 Å². The van der Waals surface area contributed by atoms with Crippen LogP contribution in [0.2, 0.25) is 0 Å². The Balaban J connectivity index is 2.51. The average molecular weight is 161 g/mol. The van der Waals surface area contributed by atoms with Crippen LogP contribution in [-0.4, -0.2) is 11.2 Å². The number of carbonyl (C=O) groups is 1. The van der Waals surface area contributed by atoms with Crippen LogP contribution in [0, 0.1) is 5.92 Å².